The lowest BCUT2D eigenvalue weighted by Crippen LogP contribution is -2.32. The van der Waals surface area contributed by atoms with Gasteiger partial charge in [-0.15, -0.1) is 0 Å². The number of likely N-dealkylation sites (tertiary alicyclic amines) is 1. The number of allylic oxidation sites excluding steroid dienone is 3. The normalized spacial score (nSPS) is 30.9. The maximum absolute atomic E-state index is 11.8. The van der Waals surface area contributed by atoms with E-state index in [0.29, 0.717) is 17.9 Å². The third-order valence-electron chi connectivity index (χ3n) is 3.33. The van der Waals surface area contributed by atoms with Gasteiger partial charge in [-0.3, -0.25) is 4.79 Å². The van der Waals surface area contributed by atoms with Gasteiger partial charge in [0.2, 0.25) is 5.91 Å². The molecule has 1 fully saturated rings. The van der Waals surface area contributed by atoms with Crippen molar-refractivity contribution in [2.45, 2.75) is 45.6 Å². The van der Waals surface area contributed by atoms with Crippen LogP contribution in [0.15, 0.2) is 23.9 Å². The van der Waals surface area contributed by atoms with Crippen LogP contribution in [-0.4, -0.2) is 16.8 Å². The smallest absolute Gasteiger partial charge is 0.227 e. The standard InChI is InChI=1S/C13H19NO/c1-3-11-7-8-13(15)14(11)12-6-4-5-10(2)9-12/h4,6,9-11H,3,5,7-8H2,1-2H3. The van der Waals surface area contributed by atoms with Gasteiger partial charge in [-0.2, -0.15) is 0 Å². The molecule has 2 unspecified atom stereocenters. The van der Waals surface area contributed by atoms with Crippen molar-refractivity contribution in [3.8, 4) is 0 Å². The van der Waals surface area contributed by atoms with Gasteiger partial charge >= 0.3 is 0 Å². The van der Waals surface area contributed by atoms with E-state index in [4.69, 9.17) is 0 Å². The first-order valence-corrected chi connectivity index (χ1v) is 5.92. The summed E-state index contributed by atoms with van der Waals surface area (Å²) in [7, 11) is 0. The molecule has 1 saturated heterocycles. The predicted octanol–water partition coefficient (Wildman–Crippen LogP) is 2.87. The van der Waals surface area contributed by atoms with Gasteiger partial charge in [0, 0.05) is 18.2 Å². The molecule has 0 aromatic heterocycles. The Morgan fingerprint density at radius 2 is 2.33 bits per heavy atom. The van der Waals surface area contributed by atoms with Crippen molar-refractivity contribution < 1.29 is 4.79 Å². The van der Waals surface area contributed by atoms with E-state index >= 15 is 0 Å². The lowest BCUT2D eigenvalue weighted by Gasteiger charge is -2.27. The number of rotatable bonds is 2. The quantitative estimate of drug-likeness (QED) is 0.678. The second kappa shape index (κ2) is 4.21. The molecule has 0 aromatic rings. The molecule has 1 aliphatic heterocycles. The van der Waals surface area contributed by atoms with E-state index in [1.807, 2.05) is 4.90 Å². The Morgan fingerprint density at radius 1 is 1.53 bits per heavy atom. The van der Waals surface area contributed by atoms with Gasteiger partial charge in [-0.25, -0.2) is 0 Å². The monoisotopic (exact) mass is 205 g/mol. The topological polar surface area (TPSA) is 20.3 Å². The summed E-state index contributed by atoms with van der Waals surface area (Å²) in [5, 5.41) is 0. The van der Waals surface area contributed by atoms with Gasteiger partial charge < -0.3 is 4.90 Å². The van der Waals surface area contributed by atoms with Gasteiger partial charge in [0.1, 0.15) is 0 Å². The van der Waals surface area contributed by atoms with E-state index in [1.54, 1.807) is 0 Å². The average molecular weight is 205 g/mol. The molecule has 1 aliphatic carbocycles. The highest BCUT2D eigenvalue weighted by molar-refractivity contribution is 5.81. The van der Waals surface area contributed by atoms with E-state index in [2.05, 4.69) is 32.1 Å². The minimum atomic E-state index is 0.298. The third kappa shape index (κ3) is 1.99. The van der Waals surface area contributed by atoms with Gasteiger partial charge in [-0.05, 0) is 31.3 Å². The first-order chi connectivity index (χ1) is 7.22. The highest BCUT2D eigenvalue weighted by Crippen LogP contribution is 2.29. The molecule has 15 heavy (non-hydrogen) atoms. The van der Waals surface area contributed by atoms with Gasteiger partial charge in [0.25, 0.3) is 0 Å². The van der Waals surface area contributed by atoms with Crippen molar-refractivity contribution in [1.82, 2.24) is 4.90 Å². The minimum Gasteiger partial charge on any atom is -0.310 e. The Bertz CT molecular complexity index is 316. The molecular weight excluding hydrogens is 186 g/mol. The second-order valence-corrected chi connectivity index (χ2v) is 4.57. The van der Waals surface area contributed by atoms with Crippen LogP contribution in [0.3, 0.4) is 0 Å². The van der Waals surface area contributed by atoms with E-state index in [-0.39, 0.29) is 0 Å². The van der Waals surface area contributed by atoms with Crippen molar-refractivity contribution in [3.05, 3.63) is 23.9 Å². The van der Waals surface area contributed by atoms with E-state index in [9.17, 15) is 4.79 Å². The van der Waals surface area contributed by atoms with Crippen LogP contribution >= 0.6 is 0 Å². The van der Waals surface area contributed by atoms with Crippen molar-refractivity contribution in [1.29, 1.82) is 0 Å². The summed E-state index contributed by atoms with van der Waals surface area (Å²) in [6, 6.07) is 0.429. The third-order valence-corrected chi connectivity index (χ3v) is 3.33. The second-order valence-electron chi connectivity index (χ2n) is 4.57. The Kier molecular flexibility index (Phi) is 2.94. The Hall–Kier alpha value is -1.05. The number of amides is 1. The summed E-state index contributed by atoms with van der Waals surface area (Å²) in [5.74, 6) is 0.864. The fourth-order valence-electron chi connectivity index (χ4n) is 2.46. The molecule has 0 spiro atoms. The number of hydrogen-bond acceptors (Lipinski definition) is 1. The summed E-state index contributed by atoms with van der Waals surface area (Å²) in [6.07, 6.45) is 10.4. The fraction of sp³-hybridized carbons (Fsp3) is 0.615. The molecule has 0 aromatic carbocycles. The molecule has 2 aliphatic rings. The molecule has 2 rings (SSSR count). The molecule has 1 heterocycles. The SMILES string of the molecule is CCC1CCC(=O)N1C1=CC(C)CC=C1. The molecule has 0 radical (unpaired) electrons. The summed E-state index contributed by atoms with van der Waals surface area (Å²) in [6.45, 7) is 4.36. The number of carbonyl (C=O) groups excluding carboxylic acids is 1. The fourth-order valence-corrected chi connectivity index (χ4v) is 2.46. The lowest BCUT2D eigenvalue weighted by molar-refractivity contribution is -0.126. The summed E-state index contributed by atoms with van der Waals surface area (Å²) in [4.78, 5) is 13.8. The highest BCUT2D eigenvalue weighted by atomic mass is 16.2. The zero-order valence-electron chi connectivity index (χ0n) is 9.57. The molecule has 0 saturated carbocycles. The molecule has 2 heteroatoms. The van der Waals surface area contributed by atoms with Crippen LogP contribution in [0.25, 0.3) is 0 Å². The van der Waals surface area contributed by atoms with E-state index < -0.39 is 0 Å². The Labute approximate surface area is 91.6 Å². The van der Waals surface area contributed by atoms with Crippen LogP contribution < -0.4 is 0 Å². The first-order valence-electron chi connectivity index (χ1n) is 5.92. The maximum atomic E-state index is 11.8. The molecule has 1 amide bonds. The molecule has 0 N–H and O–H groups in total. The summed E-state index contributed by atoms with van der Waals surface area (Å²) in [5.41, 5.74) is 1.13. The van der Waals surface area contributed by atoms with Crippen LogP contribution in [0.1, 0.15) is 39.5 Å². The first kappa shape index (κ1) is 10.5. The molecule has 82 valence electrons. The lowest BCUT2D eigenvalue weighted by atomic mass is 10.0. The average Bonchev–Trinajstić information content (AvgIpc) is 2.59. The zero-order chi connectivity index (χ0) is 10.8. The van der Waals surface area contributed by atoms with Crippen LogP contribution in [0.5, 0.6) is 0 Å². The highest BCUT2D eigenvalue weighted by Gasteiger charge is 2.31. The minimum absolute atomic E-state index is 0.298. The largest absolute Gasteiger partial charge is 0.310 e. The molecule has 0 bridgehead atoms. The molecular formula is C13H19NO. The van der Waals surface area contributed by atoms with Crippen LogP contribution in [0.2, 0.25) is 0 Å². The van der Waals surface area contributed by atoms with E-state index in [0.717, 1.165) is 31.4 Å². The van der Waals surface area contributed by atoms with Crippen LogP contribution in [0, 0.1) is 5.92 Å². The Balaban J connectivity index is 2.21. The molecule has 2 atom stereocenters. The summed E-state index contributed by atoms with van der Waals surface area (Å²) >= 11 is 0. The van der Waals surface area contributed by atoms with Crippen LogP contribution in [-0.2, 0) is 4.79 Å². The van der Waals surface area contributed by atoms with E-state index in [1.165, 1.54) is 0 Å². The van der Waals surface area contributed by atoms with Crippen LogP contribution in [0.4, 0.5) is 0 Å². The number of hydrogen-bond donors (Lipinski definition) is 0. The predicted molar refractivity (Wildman–Crippen MR) is 61.2 cm³/mol. The number of nitrogens with zero attached hydrogens (tertiary/aromatic N) is 1. The van der Waals surface area contributed by atoms with Gasteiger partial charge in [0.05, 0.1) is 0 Å². The van der Waals surface area contributed by atoms with Gasteiger partial charge in [-0.1, -0.05) is 26.0 Å². The van der Waals surface area contributed by atoms with Gasteiger partial charge in [0.15, 0.2) is 0 Å². The van der Waals surface area contributed by atoms with Crippen molar-refractivity contribution in [2.24, 2.45) is 5.92 Å². The zero-order valence-corrected chi connectivity index (χ0v) is 9.57. The number of carbonyl (C=O) groups is 1. The van der Waals surface area contributed by atoms with Crippen molar-refractivity contribution >= 4 is 5.91 Å². The van der Waals surface area contributed by atoms with Crippen molar-refractivity contribution in [3.63, 3.8) is 0 Å². The summed E-state index contributed by atoms with van der Waals surface area (Å²) < 4.78 is 0. The molecule has 2 nitrogen and oxygen atoms in total. The maximum Gasteiger partial charge on any atom is 0.227 e. The van der Waals surface area contributed by atoms with Crippen molar-refractivity contribution in [2.75, 3.05) is 0 Å². The Morgan fingerprint density at radius 3 is 3.00 bits per heavy atom.